The molecule has 7 heteroatoms. The third-order valence-electron chi connectivity index (χ3n) is 3.78. The number of benzene rings is 1. The predicted molar refractivity (Wildman–Crippen MR) is 91.5 cm³/mol. The summed E-state index contributed by atoms with van der Waals surface area (Å²) in [6.07, 6.45) is 0.474. The van der Waals surface area contributed by atoms with Crippen molar-refractivity contribution in [2.24, 2.45) is 5.41 Å². The molecule has 1 unspecified atom stereocenters. The molecule has 120 valence electrons. The summed E-state index contributed by atoms with van der Waals surface area (Å²) in [5.74, 6) is 0.0473. The van der Waals surface area contributed by atoms with Crippen LogP contribution in [-0.2, 0) is 4.79 Å². The molecule has 1 saturated heterocycles. The van der Waals surface area contributed by atoms with Crippen molar-refractivity contribution in [1.29, 1.82) is 0 Å². The molecule has 0 spiro atoms. The number of nitrogens with one attached hydrogen (secondary N) is 1. The lowest BCUT2D eigenvalue weighted by Crippen LogP contribution is -2.37. The molecule has 5 nitrogen and oxygen atoms in total. The van der Waals surface area contributed by atoms with E-state index in [2.05, 4.69) is 28.2 Å². The summed E-state index contributed by atoms with van der Waals surface area (Å²) in [5.41, 5.74) is -0.116. The van der Waals surface area contributed by atoms with Crippen LogP contribution in [-0.4, -0.2) is 40.8 Å². The first-order valence-electron chi connectivity index (χ1n) is 7.08. The van der Waals surface area contributed by atoms with Gasteiger partial charge in [0.05, 0.1) is 11.1 Å². The highest BCUT2D eigenvalue weighted by atomic mass is 79.9. The van der Waals surface area contributed by atoms with Crippen LogP contribution in [0.15, 0.2) is 27.6 Å². The van der Waals surface area contributed by atoms with Gasteiger partial charge in [0.25, 0.3) is 0 Å². The molecule has 22 heavy (non-hydrogen) atoms. The zero-order valence-electron chi connectivity index (χ0n) is 12.6. The lowest BCUT2D eigenvalue weighted by atomic mass is 9.90. The van der Waals surface area contributed by atoms with Gasteiger partial charge in [0.1, 0.15) is 0 Å². The number of carbonyl (C=O) groups is 2. The second kappa shape index (κ2) is 6.91. The van der Waals surface area contributed by atoms with Crippen LogP contribution in [0.2, 0.25) is 0 Å². The molecule has 2 rings (SSSR count). The molecule has 0 bridgehead atoms. The van der Waals surface area contributed by atoms with Gasteiger partial charge in [0.2, 0.25) is 0 Å². The average molecular weight is 387 g/mol. The Bertz CT molecular complexity index is 596. The number of hydrogen-bond acceptors (Lipinski definition) is 3. The number of carboxylic acid groups (broad SMARTS) is 1. The number of anilines is 1. The van der Waals surface area contributed by atoms with E-state index in [0.29, 0.717) is 13.0 Å². The Morgan fingerprint density at radius 3 is 2.82 bits per heavy atom. The molecule has 2 N–H and O–H groups in total. The van der Waals surface area contributed by atoms with Crippen molar-refractivity contribution in [1.82, 2.24) is 4.90 Å². The van der Waals surface area contributed by atoms with Gasteiger partial charge in [-0.2, -0.15) is 0 Å². The molecule has 1 atom stereocenters. The van der Waals surface area contributed by atoms with E-state index in [1.165, 1.54) is 0 Å². The highest BCUT2D eigenvalue weighted by Crippen LogP contribution is 2.35. The Morgan fingerprint density at radius 1 is 1.50 bits per heavy atom. The Labute approximate surface area is 142 Å². The normalized spacial score (nSPS) is 21.0. The Balaban J connectivity index is 2.12. The van der Waals surface area contributed by atoms with Crippen LogP contribution in [0, 0.1) is 5.41 Å². The molecule has 2 amide bonds. The smallest absolute Gasteiger partial charge is 0.321 e. The summed E-state index contributed by atoms with van der Waals surface area (Å²) in [4.78, 5) is 26.3. The van der Waals surface area contributed by atoms with Crippen molar-refractivity contribution < 1.29 is 14.7 Å². The quantitative estimate of drug-likeness (QED) is 0.770. The summed E-state index contributed by atoms with van der Waals surface area (Å²) in [6.45, 7) is 4.42. The van der Waals surface area contributed by atoms with Crippen LogP contribution in [0.25, 0.3) is 0 Å². The fourth-order valence-corrected chi connectivity index (χ4v) is 3.78. The van der Waals surface area contributed by atoms with Gasteiger partial charge in [-0.25, -0.2) is 4.79 Å². The fourth-order valence-electron chi connectivity index (χ4n) is 2.40. The standard InChI is InChI=1S/C15H19BrN2O3S/c1-3-22-11-6-4-5-10(16)12(11)17-14(21)18-8-7-15(2,9-18)13(19)20/h4-6H,3,7-9H2,1-2H3,(H,17,21)(H,19,20). The molecule has 0 saturated carbocycles. The summed E-state index contributed by atoms with van der Waals surface area (Å²) >= 11 is 5.11. The molecule has 0 aliphatic carbocycles. The summed E-state index contributed by atoms with van der Waals surface area (Å²) in [7, 11) is 0. The minimum absolute atomic E-state index is 0.231. The van der Waals surface area contributed by atoms with Crippen molar-refractivity contribution in [3.63, 3.8) is 0 Å². The highest BCUT2D eigenvalue weighted by Gasteiger charge is 2.42. The number of thioether (sulfide) groups is 1. The maximum Gasteiger partial charge on any atom is 0.321 e. The summed E-state index contributed by atoms with van der Waals surface area (Å²) < 4.78 is 0.819. The number of carboxylic acids is 1. The van der Waals surface area contributed by atoms with E-state index in [0.717, 1.165) is 20.8 Å². The van der Waals surface area contributed by atoms with E-state index in [1.54, 1.807) is 23.6 Å². The summed E-state index contributed by atoms with van der Waals surface area (Å²) in [5, 5.41) is 12.2. The van der Waals surface area contributed by atoms with Crippen LogP contribution >= 0.6 is 27.7 Å². The highest BCUT2D eigenvalue weighted by molar-refractivity contribution is 9.10. The monoisotopic (exact) mass is 386 g/mol. The van der Waals surface area contributed by atoms with Crippen molar-refractivity contribution in [3.05, 3.63) is 22.7 Å². The van der Waals surface area contributed by atoms with Gasteiger partial charge in [-0.3, -0.25) is 4.79 Å². The maximum atomic E-state index is 12.4. The second-order valence-electron chi connectivity index (χ2n) is 5.51. The third kappa shape index (κ3) is 3.57. The predicted octanol–water partition coefficient (Wildman–Crippen LogP) is 3.89. The van der Waals surface area contributed by atoms with Gasteiger partial charge in [-0.05, 0) is 47.2 Å². The first-order chi connectivity index (χ1) is 10.4. The first-order valence-corrected chi connectivity index (χ1v) is 8.86. The molecule has 0 aromatic heterocycles. The zero-order valence-corrected chi connectivity index (χ0v) is 15.0. The second-order valence-corrected chi connectivity index (χ2v) is 7.67. The number of urea groups is 1. The molecule has 1 aliphatic rings. The van der Waals surface area contributed by atoms with Gasteiger partial charge < -0.3 is 15.3 Å². The van der Waals surface area contributed by atoms with Gasteiger partial charge in [-0.15, -0.1) is 11.8 Å². The maximum absolute atomic E-state index is 12.4. The number of halogens is 1. The number of rotatable bonds is 4. The number of aliphatic carboxylic acids is 1. The Morgan fingerprint density at radius 2 is 2.23 bits per heavy atom. The van der Waals surface area contributed by atoms with Gasteiger partial charge in [0.15, 0.2) is 0 Å². The Hall–Kier alpha value is -1.21. The van der Waals surface area contributed by atoms with Crippen LogP contribution in [0.1, 0.15) is 20.3 Å². The van der Waals surface area contributed by atoms with E-state index < -0.39 is 11.4 Å². The lowest BCUT2D eigenvalue weighted by molar-refractivity contribution is -0.146. The van der Waals surface area contributed by atoms with E-state index in [9.17, 15) is 14.7 Å². The SMILES string of the molecule is CCSc1cccc(Br)c1NC(=O)N1CCC(C)(C(=O)O)C1. The van der Waals surface area contributed by atoms with Crippen LogP contribution in [0.4, 0.5) is 10.5 Å². The number of para-hydroxylation sites is 1. The molecule has 1 aliphatic heterocycles. The molecule has 1 fully saturated rings. The van der Waals surface area contributed by atoms with E-state index in [4.69, 9.17) is 0 Å². The molecular weight excluding hydrogens is 368 g/mol. The van der Waals surface area contributed by atoms with Gasteiger partial charge in [-0.1, -0.05) is 13.0 Å². The van der Waals surface area contributed by atoms with Crippen molar-refractivity contribution >= 4 is 45.4 Å². The van der Waals surface area contributed by atoms with Crippen molar-refractivity contribution in [2.45, 2.75) is 25.2 Å². The molecular formula is C15H19BrN2O3S. The van der Waals surface area contributed by atoms with Crippen LogP contribution < -0.4 is 5.32 Å². The summed E-state index contributed by atoms with van der Waals surface area (Å²) in [6, 6.07) is 5.50. The van der Waals surface area contributed by atoms with E-state index in [-0.39, 0.29) is 12.6 Å². The number of likely N-dealkylation sites (tertiary alicyclic amines) is 1. The zero-order chi connectivity index (χ0) is 16.3. The van der Waals surface area contributed by atoms with E-state index >= 15 is 0 Å². The van der Waals surface area contributed by atoms with Crippen LogP contribution in [0.5, 0.6) is 0 Å². The molecule has 1 heterocycles. The number of hydrogen-bond donors (Lipinski definition) is 2. The van der Waals surface area contributed by atoms with Crippen LogP contribution in [0.3, 0.4) is 0 Å². The number of carbonyl (C=O) groups excluding carboxylic acids is 1. The van der Waals surface area contributed by atoms with Crippen molar-refractivity contribution in [2.75, 3.05) is 24.2 Å². The van der Waals surface area contributed by atoms with Crippen molar-refractivity contribution in [3.8, 4) is 0 Å². The third-order valence-corrected chi connectivity index (χ3v) is 5.38. The largest absolute Gasteiger partial charge is 0.481 e. The first kappa shape index (κ1) is 17.1. The number of amides is 2. The Kier molecular flexibility index (Phi) is 5.39. The average Bonchev–Trinajstić information content (AvgIpc) is 2.87. The lowest BCUT2D eigenvalue weighted by Gasteiger charge is -2.21. The molecule has 1 aromatic carbocycles. The minimum Gasteiger partial charge on any atom is -0.481 e. The minimum atomic E-state index is -0.856. The fraction of sp³-hybridized carbons (Fsp3) is 0.467. The topological polar surface area (TPSA) is 69.6 Å². The van der Waals surface area contributed by atoms with Gasteiger partial charge >= 0.3 is 12.0 Å². The molecule has 0 radical (unpaired) electrons. The number of nitrogens with zero attached hydrogens (tertiary/aromatic N) is 1. The van der Waals surface area contributed by atoms with Gasteiger partial charge in [0, 0.05) is 22.5 Å². The van der Waals surface area contributed by atoms with E-state index in [1.807, 2.05) is 18.2 Å². The molecule has 1 aromatic rings.